The fraction of sp³-hybridized carbons (Fsp3) is 0.250. The Hall–Kier alpha value is -1.23. The molecule has 0 aliphatic rings. The summed E-state index contributed by atoms with van der Waals surface area (Å²) >= 11 is 0. The average Bonchev–Trinajstić information content (AvgIpc) is 2.07. The minimum atomic E-state index is -2.64. The lowest BCUT2D eigenvalue weighted by Gasteiger charge is -2.07. The van der Waals surface area contributed by atoms with Crippen LogP contribution in [-0.4, -0.2) is 15.5 Å². The molecule has 1 aromatic carbocycles. The molecule has 1 aromatic rings. The average molecular weight is 201 g/mol. The summed E-state index contributed by atoms with van der Waals surface area (Å²) in [5, 5.41) is 0. The Kier molecular flexibility index (Phi) is 3.13. The highest BCUT2D eigenvalue weighted by Gasteiger charge is 2.01. The van der Waals surface area contributed by atoms with Gasteiger partial charge in [0.25, 0.3) is 0 Å². The molecule has 72 valence electrons. The number of hydrogen-bond donors (Lipinski definition) is 2. The lowest BCUT2D eigenvalue weighted by atomic mass is 10.2. The third kappa shape index (κ3) is 2.62. The maximum absolute atomic E-state index is 10.4. The second kappa shape index (κ2) is 4.13. The molecule has 0 amide bonds. The van der Waals surface area contributed by atoms with E-state index in [1.807, 2.05) is 13.0 Å². The molecule has 0 atom stereocenters. The van der Waals surface area contributed by atoms with E-state index in [1.165, 1.54) is 7.11 Å². The molecule has 0 aliphatic heterocycles. The van der Waals surface area contributed by atoms with Crippen molar-refractivity contribution in [3.63, 3.8) is 0 Å². The predicted molar refractivity (Wildman–Crippen MR) is 51.7 cm³/mol. The highest BCUT2D eigenvalue weighted by atomic mass is 32.2. The number of aryl methyl sites for hydroxylation is 1. The van der Waals surface area contributed by atoms with Crippen LogP contribution < -0.4 is 9.46 Å². The quantitative estimate of drug-likeness (QED) is 0.716. The minimum Gasteiger partial charge on any atom is -0.495 e. The van der Waals surface area contributed by atoms with Gasteiger partial charge in [0.2, 0.25) is 10.9 Å². The van der Waals surface area contributed by atoms with E-state index in [0.717, 1.165) is 5.56 Å². The van der Waals surface area contributed by atoms with Gasteiger partial charge < -0.3 is 4.74 Å². The van der Waals surface area contributed by atoms with Crippen molar-refractivity contribution in [1.29, 1.82) is 0 Å². The summed E-state index contributed by atoms with van der Waals surface area (Å²) in [6.45, 7) is 1.91. The number of ether oxygens (including phenoxy) is 1. The van der Waals surface area contributed by atoms with E-state index in [-0.39, 0.29) is 0 Å². The van der Waals surface area contributed by atoms with Gasteiger partial charge in [-0.1, -0.05) is 6.07 Å². The Morgan fingerprint density at radius 2 is 2.08 bits per heavy atom. The summed E-state index contributed by atoms with van der Waals surface area (Å²) in [6, 6.07) is 5.24. The standard InChI is InChI=1S/C8H11NO3S/c1-6-3-4-7(9-13(10)11)8(5-6)12-2/h3-5,13H,1-2H3,(H,9,10,11). The Bertz CT molecular complexity index is 366. The number of anilines is 1. The molecule has 1 rings (SSSR count). The molecule has 0 saturated heterocycles. The molecule has 0 aliphatic carbocycles. The van der Waals surface area contributed by atoms with E-state index < -0.39 is 10.9 Å². The summed E-state index contributed by atoms with van der Waals surface area (Å²) in [4.78, 5) is 0. The van der Waals surface area contributed by atoms with Crippen molar-refractivity contribution in [3.8, 4) is 5.75 Å². The SMILES string of the molecule is COc1cc(C)ccc1N[SH](=O)=O. The summed E-state index contributed by atoms with van der Waals surface area (Å²) in [5.41, 5.74) is 1.48. The second-order valence-corrected chi connectivity index (χ2v) is 3.31. The number of benzene rings is 1. The van der Waals surface area contributed by atoms with Crippen molar-refractivity contribution < 1.29 is 13.2 Å². The Morgan fingerprint density at radius 1 is 1.38 bits per heavy atom. The smallest absolute Gasteiger partial charge is 0.222 e. The zero-order chi connectivity index (χ0) is 9.84. The van der Waals surface area contributed by atoms with Gasteiger partial charge in [0.15, 0.2) is 0 Å². The molecule has 0 bridgehead atoms. The number of thiol groups is 1. The van der Waals surface area contributed by atoms with E-state index in [4.69, 9.17) is 4.74 Å². The van der Waals surface area contributed by atoms with Crippen molar-refractivity contribution in [3.05, 3.63) is 23.8 Å². The molecule has 0 unspecified atom stereocenters. The van der Waals surface area contributed by atoms with E-state index in [2.05, 4.69) is 4.72 Å². The lowest BCUT2D eigenvalue weighted by molar-refractivity contribution is 0.416. The molecule has 0 saturated carbocycles. The molecule has 0 fully saturated rings. The first kappa shape index (κ1) is 9.85. The lowest BCUT2D eigenvalue weighted by Crippen LogP contribution is -1.98. The van der Waals surface area contributed by atoms with Crippen LogP contribution in [0.4, 0.5) is 5.69 Å². The van der Waals surface area contributed by atoms with Crippen LogP contribution in [0.25, 0.3) is 0 Å². The number of rotatable bonds is 3. The molecular formula is C8H11NO3S. The summed E-state index contributed by atoms with van der Waals surface area (Å²) in [7, 11) is -1.14. The molecule has 0 aromatic heterocycles. The second-order valence-electron chi connectivity index (χ2n) is 2.57. The third-order valence-electron chi connectivity index (χ3n) is 1.57. The van der Waals surface area contributed by atoms with Crippen molar-refractivity contribution in [2.24, 2.45) is 0 Å². The molecule has 4 nitrogen and oxygen atoms in total. The highest BCUT2D eigenvalue weighted by Crippen LogP contribution is 2.24. The summed E-state index contributed by atoms with van der Waals surface area (Å²) in [5.74, 6) is 0.527. The first-order valence-corrected chi connectivity index (χ1v) is 4.87. The number of methoxy groups -OCH3 is 1. The molecule has 1 N–H and O–H groups in total. The van der Waals surface area contributed by atoms with Gasteiger partial charge in [0, 0.05) is 0 Å². The van der Waals surface area contributed by atoms with Gasteiger partial charge in [-0.3, -0.25) is 4.72 Å². The number of nitrogens with one attached hydrogen (secondary N) is 1. The molecule has 0 heterocycles. The van der Waals surface area contributed by atoms with Crippen LogP contribution >= 0.6 is 0 Å². The van der Waals surface area contributed by atoms with Crippen molar-refractivity contribution >= 4 is 16.6 Å². The maximum Gasteiger partial charge on any atom is 0.222 e. The van der Waals surface area contributed by atoms with Gasteiger partial charge in [0.05, 0.1) is 12.8 Å². The Labute approximate surface area is 78.6 Å². The first-order valence-electron chi connectivity index (χ1n) is 3.69. The van der Waals surface area contributed by atoms with Crippen LogP contribution in [0.1, 0.15) is 5.56 Å². The third-order valence-corrected chi connectivity index (χ3v) is 1.99. The van der Waals surface area contributed by atoms with Gasteiger partial charge in [0.1, 0.15) is 5.75 Å². The fourth-order valence-electron chi connectivity index (χ4n) is 0.989. The van der Waals surface area contributed by atoms with Crippen molar-refractivity contribution in [2.75, 3.05) is 11.8 Å². The van der Waals surface area contributed by atoms with Crippen LogP contribution in [0.2, 0.25) is 0 Å². The molecule has 0 radical (unpaired) electrons. The topological polar surface area (TPSA) is 55.4 Å². The normalized spacial score (nSPS) is 10.1. The van der Waals surface area contributed by atoms with E-state index in [0.29, 0.717) is 11.4 Å². The van der Waals surface area contributed by atoms with Crippen LogP contribution in [0.15, 0.2) is 18.2 Å². The van der Waals surface area contributed by atoms with Crippen LogP contribution in [0.3, 0.4) is 0 Å². The Morgan fingerprint density at radius 3 is 2.62 bits per heavy atom. The summed E-state index contributed by atoms with van der Waals surface area (Å²) < 4.78 is 28.1. The maximum atomic E-state index is 10.4. The zero-order valence-electron chi connectivity index (χ0n) is 7.40. The fourth-order valence-corrected chi connectivity index (χ4v) is 1.37. The predicted octanol–water partition coefficient (Wildman–Crippen LogP) is 0.942. The van der Waals surface area contributed by atoms with E-state index >= 15 is 0 Å². The minimum absolute atomic E-state index is 0.462. The van der Waals surface area contributed by atoms with Gasteiger partial charge in [-0.05, 0) is 24.6 Å². The highest BCUT2D eigenvalue weighted by molar-refractivity contribution is 7.73. The van der Waals surface area contributed by atoms with Crippen LogP contribution in [-0.2, 0) is 10.9 Å². The van der Waals surface area contributed by atoms with E-state index in [9.17, 15) is 8.42 Å². The van der Waals surface area contributed by atoms with Gasteiger partial charge in [-0.15, -0.1) is 0 Å². The largest absolute Gasteiger partial charge is 0.495 e. The van der Waals surface area contributed by atoms with Crippen molar-refractivity contribution in [2.45, 2.75) is 6.92 Å². The summed E-state index contributed by atoms with van der Waals surface area (Å²) in [6.07, 6.45) is 0. The monoisotopic (exact) mass is 201 g/mol. The van der Waals surface area contributed by atoms with Gasteiger partial charge >= 0.3 is 0 Å². The van der Waals surface area contributed by atoms with Crippen LogP contribution in [0, 0.1) is 6.92 Å². The molecular weight excluding hydrogens is 190 g/mol. The van der Waals surface area contributed by atoms with Gasteiger partial charge in [-0.25, -0.2) is 8.42 Å². The number of hydrogen-bond acceptors (Lipinski definition) is 3. The Balaban J connectivity index is 3.05. The van der Waals surface area contributed by atoms with E-state index in [1.54, 1.807) is 12.1 Å². The van der Waals surface area contributed by atoms with Crippen molar-refractivity contribution in [1.82, 2.24) is 0 Å². The van der Waals surface area contributed by atoms with Gasteiger partial charge in [-0.2, -0.15) is 0 Å². The first-order chi connectivity index (χ1) is 6.13. The van der Waals surface area contributed by atoms with Crippen LogP contribution in [0.5, 0.6) is 5.75 Å². The zero-order valence-corrected chi connectivity index (χ0v) is 8.30. The molecule has 5 heteroatoms. The molecule has 0 spiro atoms. The molecule has 13 heavy (non-hydrogen) atoms.